The zero-order chi connectivity index (χ0) is 17.7. The number of allylic oxidation sites excluding steroid dienone is 1. The molecule has 0 saturated carbocycles. The summed E-state index contributed by atoms with van der Waals surface area (Å²) in [5.74, 6) is 0. The van der Waals surface area contributed by atoms with Gasteiger partial charge in [-0.25, -0.2) is 14.6 Å². The lowest BCUT2D eigenvalue weighted by Crippen LogP contribution is -2.26. The Morgan fingerprint density at radius 1 is 1.48 bits per heavy atom. The van der Waals surface area contributed by atoms with Crippen LogP contribution in [0.15, 0.2) is 28.8 Å². The predicted octanol–water partition coefficient (Wildman–Crippen LogP) is 2.00. The van der Waals surface area contributed by atoms with Crippen LogP contribution in [0.3, 0.4) is 0 Å². The lowest BCUT2D eigenvalue weighted by atomic mass is 10.3. The van der Waals surface area contributed by atoms with Gasteiger partial charge in [-0.2, -0.15) is 9.49 Å². The van der Waals surface area contributed by atoms with Crippen LogP contribution in [0.5, 0.6) is 0 Å². The largest absolute Gasteiger partial charge is 0.401 e. The maximum Gasteiger partial charge on any atom is 0.291 e. The number of hydrogen-bond acceptors (Lipinski definition) is 7. The van der Waals surface area contributed by atoms with Crippen LogP contribution in [0, 0.1) is 5.13 Å². The van der Waals surface area contributed by atoms with Crippen molar-refractivity contribution in [3.63, 3.8) is 0 Å². The second-order valence-corrected chi connectivity index (χ2v) is 7.49. The molecule has 4 heterocycles. The zero-order valence-corrected chi connectivity index (χ0v) is 14.8. The number of fused-ring (bicyclic) bond motifs is 3. The third-order valence-corrected chi connectivity index (χ3v) is 5.56. The van der Waals surface area contributed by atoms with Crippen LogP contribution < -0.4 is 11.3 Å². The van der Waals surface area contributed by atoms with Gasteiger partial charge in [0.05, 0.1) is 28.6 Å². The molecule has 0 saturated heterocycles. The minimum Gasteiger partial charge on any atom is -0.401 e. The number of aryl methyl sites for hydroxylation is 1. The standard InChI is InChI=1S/C15H13FN6OS2/c1-7(17)5-22-15(23)11-8(4-19-22)12-14(21(11)2)20-10(25-12)3-9-13(16)24-6-18-9/h4,6H,1,3,5,17H2,2H3. The van der Waals surface area contributed by atoms with Gasteiger partial charge in [0.25, 0.3) is 5.56 Å². The molecule has 0 atom stereocenters. The molecule has 0 fully saturated rings. The monoisotopic (exact) mass is 376 g/mol. The Morgan fingerprint density at radius 2 is 2.28 bits per heavy atom. The van der Waals surface area contributed by atoms with Crippen LogP contribution in [0.1, 0.15) is 10.7 Å². The normalized spacial score (nSPS) is 11.6. The summed E-state index contributed by atoms with van der Waals surface area (Å²) in [6, 6.07) is 0. The highest BCUT2D eigenvalue weighted by Gasteiger charge is 2.19. The van der Waals surface area contributed by atoms with Gasteiger partial charge in [-0.05, 0) is 0 Å². The van der Waals surface area contributed by atoms with E-state index in [0.29, 0.717) is 29.0 Å². The van der Waals surface area contributed by atoms with E-state index in [0.717, 1.165) is 26.4 Å². The first-order valence-corrected chi connectivity index (χ1v) is 9.00. The molecule has 4 aromatic heterocycles. The van der Waals surface area contributed by atoms with E-state index in [1.54, 1.807) is 17.8 Å². The molecule has 0 aliphatic carbocycles. The average molecular weight is 376 g/mol. The van der Waals surface area contributed by atoms with Gasteiger partial charge in [0, 0.05) is 24.6 Å². The van der Waals surface area contributed by atoms with E-state index >= 15 is 0 Å². The van der Waals surface area contributed by atoms with Crippen LogP contribution in [0.25, 0.3) is 21.3 Å². The summed E-state index contributed by atoms with van der Waals surface area (Å²) in [5, 5.41) is 5.34. The molecule has 10 heteroatoms. The van der Waals surface area contributed by atoms with Gasteiger partial charge in [-0.15, -0.1) is 11.3 Å². The highest BCUT2D eigenvalue weighted by atomic mass is 32.1. The van der Waals surface area contributed by atoms with Gasteiger partial charge in [-0.3, -0.25) is 4.79 Å². The van der Waals surface area contributed by atoms with Crippen molar-refractivity contribution in [2.24, 2.45) is 12.8 Å². The smallest absolute Gasteiger partial charge is 0.291 e. The maximum absolute atomic E-state index is 13.6. The molecule has 0 spiro atoms. The fourth-order valence-electron chi connectivity index (χ4n) is 2.73. The molecular formula is C15H13FN6OS2. The molecule has 128 valence electrons. The summed E-state index contributed by atoms with van der Waals surface area (Å²) in [6.45, 7) is 3.77. The van der Waals surface area contributed by atoms with Crippen molar-refractivity contribution in [3.05, 3.63) is 50.2 Å². The van der Waals surface area contributed by atoms with Crippen molar-refractivity contribution in [1.29, 1.82) is 0 Å². The average Bonchev–Trinajstić information content (AvgIpc) is 3.21. The lowest BCUT2D eigenvalue weighted by Gasteiger charge is -2.04. The molecule has 0 bridgehead atoms. The van der Waals surface area contributed by atoms with Gasteiger partial charge in [0.2, 0.25) is 0 Å². The first-order valence-electron chi connectivity index (χ1n) is 7.30. The molecule has 7 nitrogen and oxygen atoms in total. The predicted molar refractivity (Wildman–Crippen MR) is 96.4 cm³/mol. The first kappa shape index (κ1) is 15.9. The van der Waals surface area contributed by atoms with E-state index < -0.39 is 0 Å². The van der Waals surface area contributed by atoms with E-state index in [-0.39, 0.29) is 17.2 Å². The van der Waals surface area contributed by atoms with E-state index in [9.17, 15) is 9.18 Å². The SMILES string of the molecule is C=C(N)Cn1ncc2c3sc(Cc4ncsc4F)nc3n(C)c2c1=O. The fraction of sp³-hybridized carbons (Fsp3) is 0.200. The van der Waals surface area contributed by atoms with Crippen LogP contribution >= 0.6 is 22.7 Å². The number of aromatic nitrogens is 5. The van der Waals surface area contributed by atoms with Crippen molar-refractivity contribution >= 4 is 43.9 Å². The van der Waals surface area contributed by atoms with E-state index in [2.05, 4.69) is 21.6 Å². The third kappa shape index (κ3) is 2.53. The number of rotatable bonds is 4. The number of halogens is 1. The zero-order valence-electron chi connectivity index (χ0n) is 13.2. The third-order valence-electron chi connectivity index (χ3n) is 3.83. The van der Waals surface area contributed by atoms with Crippen molar-refractivity contribution in [3.8, 4) is 0 Å². The molecule has 0 unspecified atom stereocenters. The van der Waals surface area contributed by atoms with Gasteiger partial charge >= 0.3 is 0 Å². The Balaban J connectivity index is 1.85. The second kappa shape index (κ2) is 5.74. The van der Waals surface area contributed by atoms with Crippen molar-refractivity contribution < 1.29 is 4.39 Å². The minimum absolute atomic E-state index is 0.162. The van der Waals surface area contributed by atoms with E-state index in [4.69, 9.17) is 5.73 Å². The Labute approximate surface area is 148 Å². The Kier molecular flexibility index (Phi) is 3.65. The number of hydrogen-bond donors (Lipinski definition) is 1. The highest BCUT2D eigenvalue weighted by molar-refractivity contribution is 7.19. The Morgan fingerprint density at radius 3 is 2.96 bits per heavy atom. The maximum atomic E-state index is 13.6. The van der Waals surface area contributed by atoms with E-state index in [1.807, 2.05) is 0 Å². The Bertz CT molecular complexity index is 1180. The molecule has 0 aliphatic rings. The molecule has 4 aromatic rings. The first-order chi connectivity index (χ1) is 12.0. The van der Waals surface area contributed by atoms with Gasteiger partial charge < -0.3 is 10.3 Å². The van der Waals surface area contributed by atoms with Crippen LogP contribution in [-0.2, 0) is 20.0 Å². The fourth-order valence-corrected chi connectivity index (χ4v) is 4.37. The van der Waals surface area contributed by atoms with Gasteiger partial charge in [0.1, 0.15) is 10.5 Å². The van der Waals surface area contributed by atoms with Crippen molar-refractivity contribution in [2.75, 3.05) is 0 Å². The molecule has 0 aliphatic heterocycles. The summed E-state index contributed by atoms with van der Waals surface area (Å²) in [5.41, 5.74) is 8.74. The van der Waals surface area contributed by atoms with E-state index in [1.165, 1.54) is 21.5 Å². The summed E-state index contributed by atoms with van der Waals surface area (Å²) in [7, 11) is 1.78. The van der Waals surface area contributed by atoms with Crippen LogP contribution in [-0.4, -0.2) is 24.3 Å². The summed E-state index contributed by atoms with van der Waals surface area (Å²) < 4.78 is 17.5. The van der Waals surface area contributed by atoms with Crippen LogP contribution in [0.4, 0.5) is 4.39 Å². The summed E-state index contributed by atoms with van der Waals surface area (Å²) in [4.78, 5) is 21.2. The van der Waals surface area contributed by atoms with Gasteiger partial charge in [-0.1, -0.05) is 17.9 Å². The van der Waals surface area contributed by atoms with Crippen molar-refractivity contribution in [2.45, 2.75) is 13.0 Å². The van der Waals surface area contributed by atoms with Crippen molar-refractivity contribution in [1.82, 2.24) is 24.3 Å². The molecule has 25 heavy (non-hydrogen) atoms. The topological polar surface area (TPSA) is 91.6 Å². The number of nitrogens with zero attached hydrogens (tertiary/aromatic N) is 5. The van der Waals surface area contributed by atoms with Gasteiger partial charge in [0.15, 0.2) is 10.8 Å². The number of thiazole rings is 2. The lowest BCUT2D eigenvalue weighted by molar-refractivity contribution is 0.633. The van der Waals surface area contributed by atoms with Crippen LogP contribution in [0.2, 0.25) is 0 Å². The molecule has 0 aromatic carbocycles. The highest BCUT2D eigenvalue weighted by Crippen LogP contribution is 2.32. The molecule has 0 amide bonds. The quantitative estimate of drug-likeness (QED) is 0.588. The molecular weight excluding hydrogens is 363 g/mol. The molecule has 4 rings (SSSR count). The molecule has 2 N–H and O–H groups in total. The summed E-state index contributed by atoms with van der Waals surface area (Å²) >= 11 is 2.39. The number of nitrogens with two attached hydrogens (primary N) is 1. The molecule has 0 radical (unpaired) electrons. The summed E-state index contributed by atoms with van der Waals surface area (Å²) in [6.07, 6.45) is 1.96. The minimum atomic E-state index is -0.296. The Hall–Kier alpha value is -2.59. The second-order valence-electron chi connectivity index (χ2n) is 5.60.